The van der Waals surface area contributed by atoms with Crippen molar-refractivity contribution in [2.24, 2.45) is 0 Å². The molecule has 3 aromatic carbocycles. The van der Waals surface area contributed by atoms with Gasteiger partial charge in [-0.2, -0.15) is 0 Å². The third kappa shape index (κ3) is 7.40. The highest BCUT2D eigenvalue weighted by Crippen LogP contribution is 2.39. The number of nitrogens with one attached hydrogen (secondary N) is 2. The number of hydrogen-bond donors (Lipinski definition) is 2. The molecule has 1 heterocycles. The summed E-state index contributed by atoms with van der Waals surface area (Å²) >= 11 is 0. The lowest BCUT2D eigenvalue weighted by Crippen LogP contribution is -2.29. The van der Waals surface area contributed by atoms with Gasteiger partial charge in [0, 0.05) is 38.0 Å². The third-order valence-electron chi connectivity index (χ3n) is 6.41. The van der Waals surface area contributed by atoms with E-state index >= 15 is 0 Å². The molecule has 0 aliphatic carbocycles. The van der Waals surface area contributed by atoms with Crippen molar-refractivity contribution in [3.8, 4) is 28.5 Å². The highest BCUT2D eigenvalue weighted by atomic mass is 16.5. The molecule has 0 unspecified atom stereocenters. The van der Waals surface area contributed by atoms with Crippen LogP contribution in [0.15, 0.2) is 85.6 Å². The number of likely N-dealkylation sites (N-methyl/N-ethyl adjacent to an activating group) is 2. The van der Waals surface area contributed by atoms with Crippen molar-refractivity contribution >= 4 is 28.9 Å². The Morgan fingerprint density at radius 1 is 1.00 bits per heavy atom. The topological polar surface area (TPSA) is 91.8 Å². The molecular weight excluding hydrogens is 516 g/mol. The number of anilines is 4. The number of para-hydroxylation sites is 2. The fraction of sp³-hybridized carbons (Fsp3) is 0.219. The lowest BCUT2D eigenvalue weighted by atomic mass is 10.1. The van der Waals surface area contributed by atoms with Crippen LogP contribution in [0.25, 0.3) is 11.3 Å². The van der Waals surface area contributed by atoms with Crippen LogP contribution >= 0.6 is 0 Å². The number of methoxy groups -OCH3 is 1. The highest BCUT2D eigenvalue weighted by molar-refractivity contribution is 6.02. The van der Waals surface area contributed by atoms with Crippen LogP contribution < -0.4 is 25.0 Å². The Balaban J connectivity index is 1.69. The van der Waals surface area contributed by atoms with E-state index in [1.165, 1.54) is 6.08 Å². The predicted octanol–water partition coefficient (Wildman–Crippen LogP) is 6.12. The van der Waals surface area contributed by atoms with E-state index in [0.29, 0.717) is 28.8 Å². The summed E-state index contributed by atoms with van der Waals surface area (Å²) in [5, 5.41) is 6.19. The molecule has 2 N–H and O–H groups in total. The van der Waals surface area contributed by atoms with Crippen molar-refractivity contribution in [1.82, 2.24) is 14.9 Å². The molecule has 9 nitrogen and oxygen atoms in total. The largest absolute Gasteiger partial charge is 0.494 e. The van der Waals surface area contributed by atoms with Gasteiger partial charge in [0.05, 0.1) is 29.9 Å². The van der Waals surface area contributed by atoms with Gasteiger partial charge in [0.2, 0.25) is 11.9 Å². The first kappa shape index (κ1) is 29.1. The lowest BCUT2D eigenvalue weighted by molar-refractivity contribution is -0.111. The molecule has 0 atom stereocenters. The molecule has 0 aliphatic heterocycles. The van der Waals surface area contributed by atoms with Gasteiger partial charge in [-0.15, -0.1) is 0 Å². The summed E-state index contributed by atoms with van der Waals surface area (Å²) in [7, 11) is 7.61. The van der Waals surface area contributed by atoms with E-state index < -0.39 is 0 Å². The van der Waals surface area contributed by atoms with Gasteiger partial charge in [0.15, 0.2) is 0 Å². The third-order valence-corrected chi connectivity index (χ3v) is 6.41. The fourth-order valence-electron chi connectivity index (χ4n) is 4.19. The summed E-state index contributed by atoms with van der Waals surface area (Å²) < 4.78 is 12.0. The van der Waals surface area contributed by atoms with Crippen LogP contribution in [-0.4, -0.2) is 62.1 Å². The van der Waals surface area contributed by atoms with Crippen LogP contribution in [-0.2, 0) is 4.79 Å². The van der Waals surface area contributed by atoms with Gasteiger partial charge >= 0.3 is 0 Å². The number of aromatic nitrogens is 2. The van der Waals surface area contributed by atoms with Gasteiger partial charge in [0.1, 0.15) is 17.2 Å². The summed E-state index contributed by atoms with van der Waals surface area (Å²) in [5.74, 6) is 2.09. The normalized spacial score (nSPS) is 10.7. The second-order valence-corrected chi connectivity index (χ2v) is 9.75. The predicted molar refractivity (Wildman–Crippen MR) is 166 cm³/mol. The molecule has 1 amide bonds. The minimum atomic E-state index is -0.313. The molecule has 1 aromatic heterocycles. The van der Waals surface area contributed by atoms with Crippen LogP contribution in [0.2, 0.25) is 0 Å². The zero-order valence-electron chi connectivity index (χ0n) is 24.1. The molecule has 0 radical (unpaired) electrons. The molecular formula is C32H36N6O3. The number of carbonyl (C=O) groups excluding carboxylic acids is 1. The van der Waals surface area contributed by atoms with Crippen LogP contribution in [0.1, 0.15) is 5.56 Å². The highest BCUT2D eigenvalue weighted by Gasteiger charge is 2.18. The first-order chi connectivity index (χ1) is 19.8. The molecule has 0 aliphatic rings. The Kier molecular flexibility index (Phi) is 9.55. The van der Waals surface area contributed by atoms with Crippen LogP contribution in [0.3, 0.4) is 0 Å². The molecule has 4 rings (SSSR count). The quantitative estimate of drug-likeness (QED) is 0.203. The average Bonchev–Trinajstić information content (AvgIpc) is 2.97. The van der Waals surface area contributed by atoms with E-state index in [9.17, 15) is 4.79 Å². The van der Waals surface area contributed by atoms with Gasteiger partial charge in [-0.1, -0.05) is 36.9 Å². The number of nitrogens with zero attached hydrogens (tertiary/aromatic N) is 4. The minimum Gasteiger partial charge on any atom is -0.494 e. The number of benzene rings is 3. The smallest absolute Gasteiger partial charge is 0.247 e. The summed E-state index contributed by atoms with van der Waals surface area (Å²) in [6.45, 7) is 7.17. The van der Waals surface area contributed by atoms with Crippen molar-refractivity contribution in [1.29, 1.82) is 0 Å². The molecule has 0 saturated heterocycles. The first-order valence-corrected chi connectivity index (χ1v) is 13.2. The Hall–Kier alpha value is -4.89. The molecule has 0 spiro atoms. The second-order valence-electron chi connectivity index (χ2n) is 9.75. The Bertz CT molecular complexity index is 1510. The molecule has 0 fully saturated rings. The molecule has 0 bridgehead atoms. The molecule has 0 saturated carbocycles. The van der Waals surface area contributed by atoms with Crippen LogP contribution in [0.4, 0.5) is 23.0 Å². The minimum absolute atomic E-state index is 0.313. The van der Waals surface area contributed by atoms with Gasteiger partial charge in [-0.05, 0) is 63.0 Å². The summed E-state index contributed by atoms with van der Waals surface area (Å²) in [5.41, 5.74) is 4.52. The van der Waals surface area contributed by atoms with Crippen molar-refractivity contribution in [2.75, 3.05) is 56.9 Å². The number of rotatable bonds is 12. The second kappa shape index (κ2) is 13.5. The lowest BCUT2D eigenvalue weighted by Gasteiger charge is -2.26. The van der Waals surface area contributed by atoms with Gasteiger partial charge in [-0.25, -0.2) is 9.97 Å². The monoisotopic (exact) mass is 552 g/mol. The zero-order valence-corrected chi connectivity index (χ0v) is 24.1. The van der Waals surface area contributed by atoms with E-state index in [0.717, 1.165) is 41.4 Å². The number of amides is 1. The molecule has 4 aromatic rings. The maximum atomic E-state index is 12.3. The van der Waals surface area contributed by atoms with E-state index in [-0.39, 0.29) is 5.91 Å². The van der Waals surface area contributed by atoms with Gasteiger partial charge < -0.3 is 29.9 Å². The maximum Gasteiger partial charge on any atom is 0.247 e. The summed E-state index contributed by atoms with van der Waals surface area (Å²) in [6, 6.07) is 21.1. The first-order valence-electron chi connectivity index (χ1n) is 13.2. The van der Waals surface area contributed by atoms with Crippen molar-refractivity contribution < 1.29 is 14.3 Å². The Morgan fingerprint density at radius 3 is 2.49 bits per heavy atom. The molecule has 9 heteroatoms. The average molecular weight is 553 g/mol. The molecule has 41 heavy (non-hydrogen) atoms. The van der Waals surface area contributed by atoms with Gasteiger partial charge in [-0.3, -0.25) is 4.79 Å². The fourth-order valence-corrected chi connectivity index (χ4v) is 4.19. The number of carbonyl (C=O) groups is 1. The zero-order chi connectivity index (χ0) is 29.4. The number of ether oxygens (including phenoxy) is 2. The van der Waals surface area contributed by atoms with E-state index in [2.05, 4.69) is 32.0 Å². The van der Waals surface area contributed by atoms with E-state index in [4.69, 9.17) is 14.5 Å². The van der Waals surface area contributed by atoms with Crippen molar-refractivity contribution in [2.45, 2.75) is 6.92 Å². The summed E-state index contributed by atoms with van der Waals surface area (Å²) in [6.07, 6.45) is 2.93. The standard InChI is InChI=1S/C32H36N6O3/c1-7-30(39)34-26-20-27(29(40-6)21-28(26)38(5)19-18-37(3)4)36-32-33-17-16-25(35-32)24-15-11-12-22(2)31(24)41-23-13-9-8-10-14-23/h7-17,20-21H,1,18-19H2,2-6H3,(H,34,39)(H,33,35,36). The number of hydrogen-bond acceptors (Lipinski definition) is 8. The van der Waals surface area contributed by atoms with Crippen LogP contribution in [0.5, 0.6) is 17.2 Å². The molecule has 212 valence electrons. The Labute approximate surface area is 241 Å². The van der Waals surface area contributed by atoms with Crippen molar-refractivity contribution in [3.63, 3.8) is 0 Å². The van der Waals surface area contributed by atoms with Gasteiger partial charge in [0.25, 0.3) is 0 Å². The van der Waals surface area contributed by atoms with Crippen LogP contribution in [0, 0.1) is 6.92 Å². The van der Waals surface area contributed by atoms with E-state index in [1.54, 1.807) is 13.3 Å². The Morgan fingerprint density at radius 2 is 1.78 bits per heavy atom. The summed E-state index contributed by atoms with van der Waals surface area (Å²) in [4.78, 5) is 25.7. The maximum absolute atomic E-state index is 12.3. The SMILES string of the molecule is C=CC(=O)Nc1cc(Nc2nccc(-c3cccc(C)c3Oc3ccccc3)n2)c(OC)cc1N(C)CCN(C)C. The van der Waals surface area contributed by atoms with Crippen molar-refractivity contribution in [3.05, 3.63) is 91.1 Å². The number of aryl methyl sites for hydroxylation is 1. The van der Waals surface area contributed by atoms with E-state index in [1.807, 2.05) is 94.8 Å².